The van der Waals surface area contributed by atoms with Gasteiger partial charge in [-0.1, -0.05) is 12.1 Å². The molecule has 0 unspecified atom stereocenters. The highest BCUT2D eigenvalue weighted by atomic mass is 16.5. The fourth-order valence-electron chi connectivity index (χ4n) is 2.25. The Morgan fingerprint density at radius 3 is 2.65 bits per heavy atom. The van der Waals surface area contributed by atoms with Crippen LogP contribution >= 0.6 is 0 Å². The highest BCUT2D eigenvalue weighted by molar-refractivity contribution is 5.96. The van der Waals surface area contributed by atoms with Crippen molar-refractivity contribution < 1.29 is 19.1 Å². The third kappa shape index (κ3) is 5.25. The van der Waals surface area contributed by atoms with Crippen LogP contribution in [0.2, 0.25) is 0 Å². The second-order valence-electron chi connectivity index (χ2n) is 5.48. The van der Waals surface area contributed by atoms with Crippen LogP contribution in [0.25, 0.3) is 0 Å². The summed E-state index contributed by atoms with van der Waals surface area (Å²) in [5.74, 6) is -0.545. The number of aromatic nitrogens is 2. The third-order valence-electron chi connectivity index (χ3n) is 3.48. The molecule has 2 rings (SSSR count). The normalized spacial score (nSPS) is 10.3. The summed E-state index contributed by atoms with van der Waals surface area (Å²) in [6.45, 7) is 2.82. The Labute approximate surface area is 151 Å². The number of anilines is 2. The van der Waals surface area contributed by atoms with E-state index in [0.29, 0.717) is 36.5 Å². The smallest absolute Gasteiger partial charge is 0.339 e. The van der Waals surface area contributed by atoms with Crippen LogP contribution in [0.1, 0.15) is 33.0 Å². The molecule has 2 N–H and O–H groups in total. The van der Waals surface area contributed by atoms with Crippen molar-refractivity contribution in [3.63, 3.8) is 0 Å². The van der Waals surface area contributed by atoms with Crippen molar-refractivity contribution in [3.8, 4) is 0 Å². The molecule has 0 aliphatic rings. The average Bonchev–Trinajstić information content (AvgIpc) is 2.64. The van der Waals surface area contributed by atoms with Gasteiger partial charge < -0.3 is 20.1 Å². The van der Waals surface area contributed by atoms with Crippen molar-refractivity contribution in [2.45, 2.75) is 13.3 Å². The molecule has 1 aromatic heterocycles. The fraction of sp³-hybridized carbons (Fsp3) is 0.333. The van der Waals surface area contributed by atoms with Gasteiger partial charge in [0.2, 0.25) is 5.95 Å². The molecule has 2 aromatic rings. The molecule has 0 radical (unpaired) electrons. The quantitative estimate of drug-likeness (QED) is 0.550. The van der Waals surface area contributed by atoms with Gasteiger partial charge in [-0.05, 0) is 31.5 Å². The molecule has 8 heteroatoms. The number of carbonyl (C=O) groups excluding carboxylic acids is 2. The zero-order valence-corrected chi connectivity index (χ0v) is 15.0. The van der Waals surface area contributed by atoms with Crippen LogP contribution in [0.4, 0.5) is 11.6 Å². The van der Waals surface area contributed by atoms with E-state index in [4.69, 9.17) is 9.47 Å². The Kier molecular flexibility index (Phi) is 7.04. The number of rotatable bonds is 8. The number of amides is 1. The van der Waals surface area contributed by atoms with Crippen LogP contribution in [0.3, 0.4) is 0 Å². The minimum Gasteiger partial charge on any atom is -0.465 e. The van der Waals surface area contributed by atoms with Crippen LogP contribution in [-0.2, 0) is 9.47 Å². The molecule has 0 aliphatic heterocycles. The first-order chi connectivity index (χ1) is 12.5. The minimum atomic E-state index is -0.475. The molecule has 0 bridgehead atoms. The van der Waals surface area contributed by atoms with Gasteiger partial charge in [-0.25, -0.2) is 14.8 Å². The number of aryl methyl sites for hydroxylation is 1. The van der Waals surface area contributed by atoms with Crippen LogP contribution in [0.5, 0.6) is 0 Å². The van der Waals surface area contributed by atoms with Crippen LogP contribution in [-0.4, -0.2) is 49.2 Å². The summed E-state index contributed by atoms with van der Waals surface area (Å²) in [5.41, 5.74) is 1.72. The van der Waals surface area contributed by atoms with Crippen LogP contribution in [0, 0.1) is 6.92 Å². The van der Waals surface area contributed by atoms with Gasteiger partial charge in [-0.2, -0.15) is 0 Å². The number of esters is 1. The number of nitrogens with one attached hydrogen (secondary N) is 2. The first-order valence-electron chi connectivity index (χ1n) is 8.12. The number of methoxy groups -OCH3 is 2. The van der Waals surface area contributed by atoms with E-state index in [0.717, 1.165) is 0 Å². The predicted octanol–water partition coefficient (Wildman–Crippen LogP) is 2.08. The lowest BCUT2D eigenvalue weighted by Gasteiger charge is -2.11. The van der Waals surface area contributed by atoms with Gasteiger partial charge in [0, 0.05) is 26.0 Å². The molecule has 0 aliphatic carbocycles. The van der Waals surface area contributed by atoms with E-state index in [1.54, 1.807) is 44.4 Å². The molecule has 8 nitrogen and oxygen atoms in total. The van der Waals surface area contributed by atoms with E-state index in [1.807, 2.05) is 0 Å². The monoisotopic (exact) mass is 358 g/mol. The molecule has 0 spiro atoms. The van der Waals surface area contributed by atoms with Gasteiger partial charge in [-0.3, -0.25) is 4.79 Å². The Bertz CT molecular complexity index is 780. The number of nitrogens with zero attached hydrogens (tertiary/aromatic N) is 2. The largest absolute Gasteiger partial charge is 0.465 e. The van der Waals surface area contributed by atoms with E-state index in [9.17, 15) is 9.59 Å². The number of carbonyl (C=O) groups is 2. The molecule has 1 aromatic carbocycles. The minimum absolute atomic E-state index is 0.225. The summed E-state index contributed by atoms with van der Waals surface area (Å²) < 4.78 is 9.72. The van der Waals surface area contributed by atoms with Gasteiger partial charge >= 0.3 is 5.97 Å². The van der Waals surface area contributed by atoms with E-state index in [-0.39, 0.29) is 17.5 Å². The summed E-state index contributed by atoms with van der Waals surface area (Å²) in [4.78, 5) is 32.6. The average molecular weight is 358 g/mol. The summed E-state index contributed by atoms with van der Waals surface area (Å²) in [6.07, 6.45) is 0.712. The maximum Gasteiger partial charge on any atom is 0.339 e. The van der Waals surface area contributed by atoms with Gasteiger partial charge in [0.1, 0.15) is 5.69 Å². The molecule has 0 fully saturated rings. The van der Waals surface area contributed by atoms with Gasteiger partial charge in [0.05, 0.1) is 18.4 Å². The molecule has 138 valence electrons. The number of hydrogen-bond donors (Lipinski definition) is 2. The highest BCUT2D eigenvalue weighted by Crippen LogP contribution is 2.20. The Balaban J connectivity index is 2.18. The number of hydrogen-bond acceptors (Lipinski definition) is 7. The fourth-order valence-corrected chi connectivity index (χ4v) is 2.25. The van der Waals surface area contributed by atoms with Crippen LogP contribution < -0.4 is 10.6 Å². The lowest BCUT2D eigenvalue weighted by Crippen LogP contribution is -2.26. The van der Waals surface area contributed by atoms with E-state index in [1.165, 1.54) is 7.11 Å². The summed E-state index contributed by atoms with van der Waals surface area (Å²) in [7, 11) is 2.92. The highest BCUT2D eigenvalue weighted by Gasteiger charge is 2.14. The first-order valence-corrected chi connectivity index (χ1v) is 8.12. The summed E-state index contributed by atoms with van der Waals surface area (Å²) in [5, 5.41) is 5.76. The van der Waals surface area contributed by atoms with Crippen molar-refractivity contribution in [2.75, 3.05) is 32.7 Å². The summed E-state index contributed by atoms with van der Waals surface area (Å²) in [6, 6.07) is 8.44. The zero-order valence-electron chi connectivity index (χ0n) is 15.0. The Morgan fingerprint density at radius 1 is 1.15 bits per heavy atom. The lowest BCUT2D eigenvalue weighted by atomic mass is 10.2. The predicted molar refractivity (Wildman–Crippen MR) is 96.7 cm³/mol. The van der Waals surface area contributed by atoms with Crippen LogP contribution in [0.15, 0.2) is 30.3 Å². The zero-order chi connectivity index (χ0) is 18.9. The molecule has 0 atom stereocenters. The number of benzene rings is 1. The van der Waals surface area contributed by atoms with Crippen molar-refractivity contribution in [2.24, 2.45) is 0 Å². The maximum absolute atomic E-state index is 12.2. The Morgan fingerprint density at radius 2 is 1.92 bits per heavy atom. The number of para-hydroxylation sites is 1. The molecule has 1 heterocycles. The Hall–Kier alpha value is -3.00. The molecule has 1 amide bonds. The molecule has 0 saturated carbocycles. The van der Waals surface area contributed by atoms with E-state index in [2.05, 4.69) is 20.6 Å². The standard InChI is InChI=1S/C18H22N4O4/c1-12-11-15(16(23)19-9-6-10-25-2)22-18(20-12)21-14-8-5-4-7-13(14)17(24)26-3/h4-5,7-8,11H,6,9-10H2,1-3H3,(H,19,23)(H,20,21,22). The molecule has 26 heavy (non-hydrogen) atoms. The van der Waals surface area contributed by atoms with E-state index < -0.39 is 5.97 Å². The summed E-state index contributed by atoms with van der Waals surface area (Å²) >= 11 is 0. The lowest BCUT2D eigenvalue weighted by molar-refractivity contribution is 0.0601. The van der Waals surface area contributed by atoms with Crippen molar-refractivity contribution >= 4 is 23.5 Å². The third-order valence-corrected chi connectivity index (χ3v) is 3.48. The SMILES string of the molecule is COCCCNC(=O)c1cc(C)nc(Nc2ccccc2C(=O)OC)n1. The second kappa shape index (κ2) is 9.47. The first kappa shape index (κ1) is 19.3. The second-order valence-corrected chi connectivity index (χ2v) is 5.48. The maximum atomic E-state index is 12.2. The van der Waals surface area contributed by atoms with Gasteiger partial charge in [-0.15, -0.1) is 0 Å². The topological polar surface area (TPSA) is 102 Å². The van der Waals surface area contributed by atoms with Crippen molar-refractivity contribution in [1.82, 2.24) is 15.3 Å². The number of ether oxygens (including phenoxy) is 2. The molecular weight excluding hydrogens is 336 g/mol. The van der Waals surface area contributed by atoms with Crippen molar-refractivity contribution in [1.29, 1.82) is 0 Å². The van der Waals surface area contributed by atoms with E-state index >= 15 is 0 Å². The van der Waals surface area contributed by atoms with Gasteiger partial charge in [0.15, 0.2) is 0 Å². The van der Waals surface area contributed by atoms with Crippen molar-refractivity contribution in [3.05, 3.63) is 47.3 Å². The molecule has 0 saturated heterocycles. The molecular formula is C18H22N4O4. The van der Waals surface area contributed by atoms with Gasteiger partial charge in [0.25, 0.3) is 5.91 Å².